The highest BCUT2D eigenvalue weighted by Gasteiger charge is 2.30. The fraction of sp³-hybridized carbons (Fsp3) is 0.560. The van der Waals surface area contributed by atoms with Gasteiger partial charge in [0.25, 0.3) is 0 Å². The van der Waals surface area contributed by atoms with Crippen LogP contribution in [0.2, 0.25) is 0 Å². The number of rotatable bonds is 7. The van der Waals surface area contributed by atoms with Crippen LogP contribution in [-0.4, -0.2) is 37.1 Å². The predicted octanol–water partition coefficient (Wildman–Crippen LogP) is 5.81. The first-order chi connectivity index (χ1) is 14.1. The van der Waals surface area contributed by atoms with Crippen molar-refractivity contribution < 1.29 is 9.53 Å². The van der Waals surface area contributed by atoms with Crippen LogP contribution < -0.4 is 0 Å². The summed E-state index contributed by atoms with van der Waals surface area (Å²) < 4.78 is 5.07. The predicted molar refractivity (Wildman–Crippen MR) is 121 cm³/mol. The Hall–Kier alpha value is -1.65. The molecule has 1 unspecified atom stereocenters. The number of ether oxygens (including phenoxy) is 1. The van der Waals surface area contributed by atoms with Crippen molar-refractivity contribution in [1.29, 1.82) is 0 Å². The van der Waals surface area contributed by atoms with E-state index in [4.69, 9.17) is 4.74 Å². The van der Waals surface area contributed by atoms with Crippen molar-refractivity contribution in [2.45, 2.75) is 64.3 Å². The maximum Gasteiger partial charge on any atom is 0.225 e. The molecule has 2 atom stereocenters. The van der Waals surface area contributed by atoms with Gasteiger partial charge in [-0.05, 0) is 102 Å². The van der Waals surface area contributed by atoms with Gasteiger partial charge in [-0.15, -0.1) is 0 Å². The molecule has 4 rings (SSSR count). The van der Waals surface area contributed by atoms with E-state index in [0.29, 0.717) is 25.0 Å². The van der Waals surface area contributed by atoms with Gasteiger partial charge in [-0.3, -0.25) is 4.79 Å². The number of thiophene rings is 1. The molecular weight excluding hydrogens is 378 g/mol. The number of benzene rings is 1. The molecule has 0 spiro atoms. The van der Waals surface area contributed by atoms with E-state index in [2.05, 4.69) is 47.7 Å². The van der Waals surface area contributed by atoms with Gasteiger partial charge in [0.1, 0.15) is 0 Å². The van der Waals surface area contributed by atoms with Crippen molar-refractivity contribution in [3.8, 4) is 11.1 Å². The first-order valence-corrected chi connectivity index (χ1v) is 12.0. The fourth-order valence-electron chi connectivity index (χ4n) is 5.02. The third-order valence-electron chi connectivity index (χ3n) is 6.60. The molecule has 1 aliphatic carbocycles. The van der Waals surface area contributed by atoms with Gasteiger partial charge >= 0.3 is 0 Å². The van der Waals surface area contributed by atoms with Crippen LogP contribution in [0.25, 0.3) is 11.1 Å². The summed E-state index contributed by atoms with van der Waals surface area (Å²) >= 11 is 1.78. The zero-order chi connectivity index (χ0) is 20.4. The second-order valence-corrected chi connectivity index (χ2v) is 9.72. The molecule has 29 heavy (non-hydrogen) atoms. The number of nitrogens with zero attached hydrogens (tertiary/aromatic N) is 1. The molecule has 2 aliphatic rings. The third kappa shape index (κ3) is 4.75. The van der Waals surface area contributed by atoms with Gasteiger partial charge in [0.15, 0.2) is 0 Å². The Balaban J connectivity index is 1.46. The lowest BCUT2D eigenvalue weighted by atomic mass is 9.84. The molecule has 2 heterocycles. The zero-order valence-electron chi connectivity index (χ0n) is 17.9. The maximum absolute atomic E-state index is 12.4. The largest absolute Gasteiger partial charge is 0.384 e. The van der Waals surface area contributed by atoms with Gasteiger partial charge in [0, 0.05) is 19.7 Å². The molecule has 4 heteroatoms. The van der Waals surface area contributed by atoms with E-state index in [1.165, 1.54) is 35.1 Å². The lowest BCUT2D eigenvalue weighted by Crippen LogP contribution is -2.45. The maximum atomic E-state index is 12.4. The van der Waals surface area contributed by atoms with Crippen LogP contribution in [0.4, 0.5) is 0 Å². The minimum atomic E-state index is 0.241. The zero-order valence-corrected chi connectivity index (χ0v) is 18.8. The van der Waals surface area contributed by atoms with Crippen LogP contribution in [0.1, 0.15) is 61.6 Å². The van der Waals surface area contributed by atoms with E-state index >= 15 is 0 Å². The summed E-state index contributed by atoms with van der Waals surface area (Å²) in [5.74, 6) is 1.66. The summed E-state index contributed by atoms with van der Waals surface area (Å²) in [6.07, 6.45) is 6.50. The van der Waals surface area contributed by atoms with Crippen LogP contribution in [-0.2, 0) is 16.0 Å². The molecule has 0 bridgehead atoms. The average Bonchev–Trinajstić information content (AvgIpc) is 3.41. The van der Waals surface area contributed by atoms with E-state index in [-0.39, 0.29) is 5.91 Å². The first kappa shape index (κ1) is 20.6. The van der Waals surface area contributed by atoms with Crippen molar-refractivity contribution in [2.24, 2.45) is 5.92 Å². The van der Waals surface area contributed by atoms with E-state index in [0.717, 1.165) is 31.7 Å². The number of carbonyl (C=O) groups is 1. The molecule has 2 aromatic rings. The number of hydrogen-bond acceptors (Lipinski definition) is 3. The van der Waals surface area contributed by atoms with Crippen molar-refractivity contribution in [1.82, 2.24) is 4.90 Å². The second-order valence-electron chi connectivity index (χ2n) is 8.94. The Bertz CT molecular complexity index is 841. The van der Waals surface area contributed by atoms with Gasteiger partial charge < -0.3 is 9.64 Å². The first-order valence-electron chi connectivity index (χ1n) is 11.0. The summed E-state index contributed by atoms with van der Waals surface area (Å²) in [5, 5.41) is 4.47. The highest BCUT2D eigenvalue weighted by atomic mass is 32.1. The molecule has 1 saturated carbocycles. The van der Waals surface area contributed by atoms with Gasteiger partial charge in [0.2, 0.25) is 5.91 Å². The van der Waals surface area contributed by atoms with E-state index < -0.39 is 0 Å². The number of aryl methyl sites for hydroxylation is 1. The number of methoxy groups -OCH3 is 1. The number of amides is 1. The van der Waals surface area contributed by atoms with Gasteiger partial charge in [-0.2, -0.15) is 11.3 Å². The highest BCUT2D eigenvalue weighted by Crippen LogP contribution is 2.46. The molecule has 156 valence electrons. The van der Waals surface area contributed by atoms with Gasteiger partial charge in [0.05, 0.1) is 13.0 Å². The minimum Gasteiger partial charge on any atom is -0.384 e. The van der Waals surface area contributed by atoms with Crippen molar-refractivity contribution in [2.75, 3.05) is 20.3 Å². The Morgan fingerprint density at radius 3 is 2.76 bits per heavy atom. The Kier molecular flexibility index (Phi) is 6.41. The van der Waals surface area contributed by atoms with Crippen LogP contribution in [0, 0.1) is 12.8 Å². The minimum absolute atomic E-state index is 0.241. The molecule has 1 aromatic heterocycles. The molecule has 3 nitrogen and oxygen atoms in total. The summed E-state index contributed by atoms with van der Waals surface area (Å²) in [6, 6.07) is 7.50. The number of likely N-dealkylation sites (tertiary alicyclic amines) is 1. The second kappa shape index (κ2) is 9.01. The quantitative estimate of drug-likeness (QED) is 0.576. The normalized spacial score (nSPS) is 22.1. The number of hydrogen-bond donors (Lipinski definition) is 0. The SMILES string of the molecule is COCCC(=O)N1CCC(Cc2cc(C)c(-c3ccsc3)c(C3CC3)c2)C[C@H]1C. The molecule has 0 radical (unpaired) electrons. The Labute approximate surface area is 179 Å². The molecule has 0 N–H and O–H groups in total. The van der Waals surface area contributed by atoms with Crippen molar-refractivity contribution >= 4 is 17.2 Å². The summed E-state index contributed by atoms with van der Waals surface area (Å²) in [7, 11) is 1.66. The third-order valence-corrected chi connectivity index (χ3v) is 7.29. The summed E-state index contributed by atoms with van der Waals surface area (Å²) in [4.78, 5) is 14.5. The van der Waals surface area contributed by atoms with Crippen LogP contribution >= 0.6 is 11.3 Å². The van der Waals surface area contributed by atoms with Crippen molar-refractivity contribution in [3.05, 3.63) is 45.6 Å². The fourth-order valence-corrected chi connectivity index (χ4v) is 5.67. The number of piperidine rings is 1. The summed E-state index contributed by atoms with van der Waals surface area (Å²) in [6.45, 7) is 5.89. The molecule has 2 fully saturated rings. The van der Waals surface area contributed by atoms with Crippen LogP contribution in [0.5, 0.6) is 0 Å². The van der Waals surface area contributed by atoms with E-state index in [1.54, 1.807) is 24.0 Å². The van der Waals surface area contributed by atoms with Crippen LogP contribution in [0.3, 0.4) is 0 Å². The molecule has 1 aliphatic heterocycles. The van der Waals surface area contributed by atoms with Crippen LogP contribution in [0.15, 0.2) is 29.0 Å². The molecule has 1 amide bonds. The summed E-state index contributed by atoms with van der Waals surface area (Å²) in [5.41, 5.74) is 7.34. The monoisotopic (exact) mass is 411 g/mol. The highest BCUT2D eigenvalue weighted by molar-refractivity contribution is 7.08. The van der Waals surface area contributed by atoms with E-state index in [1.807, 2.05) is 0 Å². The van der Waals surface area contributed by atoms with Gasteiger partial charge in [-0.1, -0.05) is 12.1 Å². The average molecular weight is 412 g/mol. The van der Waals surface area contributed by atoms with Crippen molar-refractivity contribution in [3.63, 3.8) is 0 Å². The number of carbonyl (C=O) groups excluding carboxylic acids is 1. The lowest BCUT2D eigenvalue weighted by molar-refractivity contribution is -0.136. The topological polar surface area (TPSA) is 29.5 Å². The lowest BCUT2D eigenvalue weighted by Gasteiger charge is -2.38. The molecule has 1 aromatic carbocycles. The molecular formula is C25H33NO2S. The van der Waals surface area contributed by atoms with E-state index in [9.17, 15) is 4.79 Å². The standard InChI is InChI=1S/C25H33NO2S/c1-17-12-20(15-23(21-4-5-21)25(17)22-8-11-29-16-22)14-19-6-9-26(18(2)13-19)24(27)7-10-28-3/h8,11-12,15-16,18-19,21H,4-7,9-10,13-14H2,1-3H3/t18-,19?/m1/s1. The smallest absolute Gasteiger partial charge is 0.225 e. The molecule has 1 saturated heterocycles. The Morgan fingerprint density at radius 2 is 2.10 bits per heavy atom. The van der Waals surface area contributed by atoms with Gasteiger partial charge in [-0.25, -0.2) is 0 Å². The Morgan fingerprint density at radius 1 is 1.28 bits per heavy atom.